The summed E-state index contributed by atoms with van der Waals surface area (Å²) in [6.45, 7) is 2.69. The van der Waals surface area contributed by atoms with Gasteiger partial charge in [0.25, 0.3) is 0 Å². The summed E-state index contributed by atoms with van der Waals surface area (Å²) in [6.07, 6.45) is -0.191. The molecule has 0 spiro atoms. The number of rotatable bonds is 58. The van der Waals surface area contributed by atoms with Gasteiger partial charge in [-0.05, 0) is 94.4 Å². The van der Waals surface area contributed by atoms with E-state index < -0.39 is 223 Å². The van der Waals surface area contributed by atoms with Crippen molar-refractivity contribution in [3.05, 3.63) is 48.0 Å². The molecular formula is C66H105N23O20S2. The maximum atomic E-state index is 14.6. The predicted molar refractivity (Wildman–Crippen MR) is 403 cm³/mol. The fourth-order valence-electron chi connectivity index (χ4n) is 11.2. The van der Waals surface area contributed by atoms with Crippen molar-refractivity contribution in [2.75, 3.05) is 50.8 Å². The molecule has 1 aromatic heterocycles. The molecule has 2 unspecified atom stereocenters. The monoisotopic (exact) mass is 1600 g/mol. The third kappa shape index (κ3) is 34.7. The molecule has 111 heavy (non-hydrogen) atoms. The Morgan fingerprint density at radius 2 is 1.14 bits per heavy atom. The number of nitrogens with one attached hydrogen (secondary N) is 16. The van der Waals surface area contributed by atoms with Crippen LogP contribution in [0.2, 0.25) is 1.41 Å². The highest BCUT2D eigenvalue weighted by Gasteiger charge is 2.41. The van der Waals surface area contributed by atoms with Crippen LogP contribution in [0, 0.1) is 16.7 Å². The molecule has 12 atom stereocenters. The van der Waals surface area contributed by atoms with E-state index in [1.165, 1.54) is 41.7 Å². The molecule has 1 aliphatic rings. The number of hydrogen-bond donors (Lipinski definition) is 27. The van der Waals surface area contributed by atoms with Gasteiger partial charge in [-0.25, -0.2) is 26.7 Å². The summed E-state index contributed by atoms with van der Waals surface area (Å²) in [5.74, 6) is -20.0. The Kier molecular flexibility index (Phi) is 41.7. The number of unbranched alkanes of at least 4 members (excludes halogenated alkanes) is 1. The lowest BCUT2D eigenvalue weighted by molar-refractivity contribution is -0.141. The number of aromatic amines is 1. The number of hydrogen-bond acceptors (Lipinski definition) is 29. The number of carbonyl (C=O) groups is 16. The van der Waals surface area contributed by atoms with Crippen molar-refractivity contribution in [3.8, 4) is 5.75 Å². The Labute approximate surface area is 650 Å². The fraction of sp³-hybridized carbons (Fsp3) is 0.591. The Hall–Kier alpha value is -10.3. The number of amides is 8. The number of nitrogens with zero attached hydrogens (tertiary/aromatic N) is 2. The van der Waals surface area contributed by atoms with Gasteiger partial charge in [0, 0.05) is 75.3 Å². The van der Waals surface area contributed by atoms with Crippen LogP contribution >= 0.6 is 25.3 Å². The van der Waals surface area contributed by atoms with Crippen molar-refractivity contribution in [2.45, 2.75) is 189 Å². The lowest BCUT2D eigenvalue weighted by atomic mass is 9.99. The van der Waals surface area contributed by atoms with Gasteiger partial charge in [0.2, 0.25) is 70.4 Å². The molecule has 616 valence electrons. The van der Waals surface area contributed by atoms with Crippen LogP contribution in [-0.4, -0.2) is 265 Å². The van der Waals surface area contributed by atoms with Gasteiger partial charge in [-0.15, -0.1) is 0 Å². The number of aromatic nitrogens is 2. The zero-order valence-corrected chi connectivity index (χ0v) is 63.1. The molecule has 1 saturated heterocycles. The van der Waals surface area contributed by atoms with E-state index in [2.05, 4.69) is 105 Å². The van der Waals surface area contributed by atoms with Crippen LogP contribution in [-0.2, 0) is 89.6 Å². The van der Waals surface area contributed by atoms with Crippen molar-refractivity contribution in [1.82, 2.24) is 84.4 Å². The van der Waals surface area contributed by atoms with E-state index in [1.54, 1.807) is 19.6 Å². The van der Waals surface area contributed by atoms with E-state index in [-0.39, 0.29) is 114 Å². The third-order valence-electron chi connectivity index (χ3n) is 17.2. The smallest absolute Gasteiger partial charge is 0.305 e. The second-order valence-corrected chi connectivity index (χ2v) is 27.0. The maximum Gasteiger partial charge on any atom is 0.305 e. The first-order valence-corrected chi connectivity index (χ1v) is 36.8. The van der Waals surface area contributed by atoms with Gasteiger partial charge in [-0.2, -0.15) is 25.3 Å². The van der Waals surface area contributed by atoms with Crippen LogP contribution in [0.5, 0.6) is 5.75 Å². The second-order valence-electron chi connectivity index (χ2n) is 26.3. The molecule has 2 heterocycles. The zero-order chi connectivity index (χ0) is 83.7. The Morgan fingerprint density at radius 1 is 0.604 bits per heavy atom. The average molecular weight is 1610 g/mol. The molecule has 2 aromatic rings. The number of benzene rings is 1. The van der Waals surface area contributed by atoms with Crippen molar-refractivity contribution in [2.24, 2.45) is 34.6 Å². The average Bonchev–Trinajstić information content (AvgIpc) is 1.64. The minimum Gasteiger partial charge on any atom is -0.508 e. The van der Waals surface area contributed by atoms with Crippen molar-refractivity contribution in [3.63, 3.8) is 0 Å². The Balaban J connectivity index is 1.88. The largest absolute Gasteiger partial charge is 0.508 e. The quantitative estimate of drug-likeness (QED) is 0.00730. The minimum absolute atomic E-state index is 0.00804. The summed E-state index contributed by atoms with van der Waals surface area (Å²) in [5, 5.41) is 76.6. The highest BCUT2D eigenvalue weighted by Crippen LogP contribution is 2.21. The van der Waals surface area contributed by atoms with Crippen LogP contribution in [0.25, 0.3) is 0 Å². The molecule has 0 bridgehead atoms. The Bertz CT molecular complexity index is 3570. The summed E-state index contributed by atoms with van der Waals surface area (Å²) >= 11 is 8.46. The molecule has 3 rings (SSSR count). The van der Waals surface area contributed by atoms with Crippen molar-refractivity contribution in [1.29, 1.82) is 10.8 Å². The zero-order valence-electron chi connectivity index (χ0n) is 62.4. The van der Waals surface area contributed by atoms with E-state index >= 15 is 0 Å². The molecule has 30 N–H and O–H groups in total. The molecular weight excluding hydrogens is 1500 g/mol. The Morgan fingerprint density at radius 3 is 1.70 bits per heavy atom. The second kappa shape index (κ2) is 49.8. The SMILES string of the molecule is [2H]N[C@@H](CC(=O)O)C(=O)NCC(=O)C(=O)[C@H](CCCNC(=N)N)NN[C@@H](CC(=O)O)C(=O)NC(Cc1ccc(O)cc1)C(=O)N[C@@H](CCCCN)C(=O)NC(CS)C(=O)N[C@@H](CS)C(=O)C(=O)[C@H](CCC(=O)O)NN[C@@H](Cc1cnc[nH]1)C(=O)CCN[C@@H](CCCNC(=N)N)C(=O)N1CCC[C@H]1C(=O)N[C@H](C(N)=O)C(C)C. The molecule has 0 aliphatic carbocycles. The number of ketones is 5. The lowest BCUT2D eigenvalue weighted by Crippen LogP contribution is -2.61. The van der Waals surface area contributed by atoms with E-state index in [0.29, 0.717) is 18.5 Å². The van der Waals surface area contributed by atoms with E-state index in [1.807, 2.05) is 0 Å². The number of aliphatic carboxylic acids is 3. The number of likely N-dealkylation sites (tertiary alicyclic amines) is 1. The van der Waals surface area contributed by atoms with Gasteiger partial charge in [0.05, 0.1) is 55.9 Å². The van der Waals surface area contributed by atoms with Gasteiger partial charge >= 0.3 is 17.9 Å². The topological polar surface area (TPSA) is 720 Å². The van der Waals surface area contributed by atoms with Gasteiger partial charge < -0.3 is 107 Å². The number of nitrogens with two attached hydrogens (primary N) is 5. The first-order valence-electron chi connectivity index (χ1n) is 36.0. The van der Waals surface area contributed by atoms with Crippen molar-refractivity contribution < 1.29 is 98.6 Å². The number of guanidine groups is 2. The number of carbonyl (C=O) groups excluding carboxylic acids is 13. The number of phenols is 1. The number of H-pyrrole nitrogens is 1. The number of aromatic hydroxyl groups is 1. The number of primary amides is 1. The van der Waals surface area contributed by atoms with E-state index in [9.17, 15) is 92.0 Å². The molecule has 43 nitrogen and oxygen atoms in total. The first kappa shape index (κ1) is 93.1. The van der Waals surface area contributed by atoms with Gasteiger partial charge in [0.1, 0.15) is 49.5 Å². The highest BCUT2D eigenvalue weighted by molar-refractivity contribution is 7.80. The fourth-order valence-corrected chi connectivity index (χ4v) is 11.7. The standard InChI is InChI=1S/C66H105N23O20S2/c1-33(2)53(57(69)102)84-63(108)47-11-7-23-89(47)64(109)41(10-6-21-77-66(72)73)75-22-18-48(91)42(25-35-28-74-32-79-35)87-86-39(16-17-50(93)94)55(100)56(101)45(30-110)82-62(107)46(31-111)83-59(104)40(8-3-4-19-67)80-60(105)43(24-34-12-14-36(90)15-13-34)81-61(106)44(27-52(97)98)88-85-38(9-5-20-76-65(70)71)54(99)49(92)29-78-58(103)37(68)26-51(95)96/h12-15,28,32-33,37-47,53,75,85-88,90,110-111H,3-11,16-27,29-31,67-68H2,1-2H3,(H2,69,102)(H,74,79)(H,78,103)(H,80,105)(H,81,106)(H,82,107)(H,83,104)(H,84,108)(H,93,94)(H,95,96)(H,97,98)(H4,70,71,76)(H4,72,73,77)/t37-,38-,39-,40-,41-,42-,43?,44-,45-,46?,47-,53-/m0/s1/i/hD. The molecule has 1 aliphatic heterocycles. The first-order chi connectivity index (χ1) is 53.0. The van der Waals surface area contributed by atoms with E-state index in [4.69, 9.17) is 40.3 Å². The number of Topliss-reactive ketones (excluding diaryl/α,β-unsaturated/α-hetero) is 5. The summed E-state index contributed by atoms with van der Waals surface area (Å²) in [5.41, 5.74) is 34.8. The predicted octanol–water partition coefficient (Wildman–Crippen LogP) is -7.91. The van der Waals surface area contributed by atoms with Crippen LogP contribution in [0.1, 0.15) is 115 Å². The van der Waals surface area contributed by atoms with Crippen LogP contribution < -0.4 is 98.2 Å². The molecule has 1 fully saturated rings. The molecule has 8 amide bonds. The number of carboxylic acid groups (broad SMARTS) is 3. The summed E-state index contributed by atoms with van der Waals surface area (Å²) in [6, 6.07) is -12.5. The van der Waals surface area contributed by atoms with Gasteiger partial charge in [-0.3, -0.25) is 87.5 Å². The number of hydrazine groups is 2. The normalized spacial score (nSPS) is 15.6. The number of thiol groups is 2. The minimum atomic E-state index is -1.89. The summed E-state index contributed by atoms with van der Waals surface area (Å²) in [4.78, 5) is 223. The molecule has 0 saturated carbocycles. The van der Waals surface area contributed by atoms with Crippen LogP contribution in [0.3, 0.4) is 0 Å². The molecule has 45 heteroatoms. The number of phenolic OH excluding ortho intramolecular Hbond substituents is 1. The van der Waals surface area contributed by atoms with Crippen LogP contribution in [0.15, 0.2) is 36.8 Å². The van der Waals surface area contributed by atoms with E-state index in [0.717, 1.165) is 0 Å². The molecule has 0 radical (unpaired) electrons. The number of imidazole rings is 1. The van der Waals surface area contributed by atoms with Crippen molar-refractivity contribution >= 4 is 131 Å². The van der Waals surface area contributed by atoms with Gasteiger partial charge in [-0.1, -0.05) is 26.0 Å². The maximum absolute atomic E-state index is 14.6. The summed E-state index contributed by atoms with van der Waals surface area (Å²) < 4.78 is 7.27. The van der Waals surface area contributed by atoms with Crippen LogP contribution in [0.4, 0.5) is 0 Å². The summed E-state index contributed by atoms with van der Waals surface area (Å²) in [7, 11) is 0. The third-order valence-corrected chi connectivity index (χ3v) is 17.9. The number of carboxylic acids is 3. The highest BCUT2D eigenvalue weighted by atomic mass is 32.1. The van der Waals surface area contributed by atoms with Gasteiger partial charge in [0.15, 0.2) is 17.7 Å². The lowest BCUT2D eigenvalue weighted by Gasteiger charge is -2.30. The molecule has 1 aromatic carbocycles.